The number of hydrogen-bond donors (Lipinski definition) is 2. The van der Waals surface area contributed by atoms with Crippen molar-refractivity contribution in [1.29, 1.82) is 0 Å². The molecule has 41 heavy (non-hydrogen) atoms. The minimum atomic E-state index is -0.619. The van der Waals surface area contributed by atoms with Crippen molar-refractivity contribution in [2.24, 2.45) is 17.3 Å². The molecule has 10 heteroatoms. The number of likely N-dealkylation sites (tertiary alicyclic amines) is 2. The Labute approximate surface area is 244 Å². The van der Waals surface area contributed by atoms with Crippen molar-refractivity contribution in [2.45, 2.75) is 71.5 Å². The van der Waals surface area contributed by atoms with Crippen LogP contribution >= 0.6 is 0 Å². The van der Waals surface area contributed by atoms with E-state index in [0.717, 1.165) is 38.2 Å². The number of hydrogen-bond acceptors (Lipinski definition) is 6. The minimum Gasteiger partial charge on any atom is -0.497 e. The second kappa shape index (κ2) is 13.2. The SMILES string of the molecule is COc1cccc(CN2CC[C@H]3CC(=O)N(C)CC(=O)N[C@@H]4C[C@@H](C(=O)NCC[C@H]3C2)N(C(=O)CC(C)(C)C)C4)c1. The van der Waals surface area contributed by atoms with Crippen LogP contribution in [0.25, 0.3) is 0 Å². The molecule has 226 valence electrons. The summed E-state index contributed by atoms with van der Waals surface area (Å²) in [6.07, 6.45) is 2.68. The Morgan fingerprint density at radius 1 is 1.10 bits per heavy atom. The van der Waals surface area contributed by atoms with Crippen molar-refractivity contribution in [1.82, 2.24) is 25.3 Å². The molecular formula is C31H47N5O5. The number of rotatable bonds is 4. The van der Waals surface area contributed by atoms with Gasteiger partial charge in [0.1, 0.15) is 11.8 Å². The topological polar surface area (TPSA) is 111 Å². The summed E-state index contributed by atoms with van der Waals surface area (Å²) in [6, 6.07) is 7.12. The predicted molar refractivity (Wildman–Crippen MR) is 156 cm³/mol. The van der Waals surface area contributed by atoms with Crippen LogP contribution in [0.1, 0.15) is 58.4 Å². The van der Waals surface area contributed by atoms with Gasteiger partial charge in [-0.1, -0.05) is 32.9 Å². The van der Waals surface area contributed by atoms with Crippen LogP contribution in [-0.2, 0) is 25.7 Å². The van der Waals surface area contributed by atoms with Crippen molar-refractivity contribution in [3.8, 4) is 5.75 Å². The molecule has 0 spiro atoms. The van der Waals surface area contributed by atoms with Gasteiger partial charge in [-0.15, -0.1) is 0 Å². The minimum absolute atomic E-state index is 0.0402. The molecule has 3 saturated heterocycles. The highest BCUT2D eigenvalue weighted by atomic mass is 16.5. The van der Waals surface area contributed by atoms with Gasteiger partial charge in [0.2, 0.25) is 23.6 Å². The van der Waals surface area contributed by atoms with Crippen molar-refractivity contribution >= 4 is 23.6 Å². The first kappa shape index (κ1) is 30.8. The maximum atomic E-state index is 13.4. The number of piperidine rings is 1. The number of carbonyl (C=O) groups is 4. The number of benzene rings is 1. The van der Waals surface area contributed by atoms with Crippen LogP contribution < -0.4 is 15.4 Å². The second-order valence-electron chi connectivity index (χ2n) is 13.2. The van der Waals surface area contributed by atoms with E-state index in [1.165, 1.54) is 10.5 Å². The highest BCUT2D eigenvalue weighted by molar-refractivity contribution is 5.89. The van der Waals surface area contributed by atoms with Gasteiger partial charge in [0, 0.05) is 52.1 Å². The molecule has 3 aliphatic heterocycles. The Hall–Kier alpha value is -3.14. The highest BCUT2D eigenvalue weighted by Crippen LogP contribution is 2.31. The lowest BCUT2D eigenvalue weighted by atomic mass is 9.80. The fourth-order valence-electron chi connectivity index (χ4n) is 6.40. The Bertz CT molecular complexity index is 1120. The molecule has 1 aromatic rings. The molecule has 2 N–H and O–H groups in total. The van der Waals surface area contributed by atoms with Crippen molar-refractivity contribution in [2.75, 3.05) is 46.9 Å². The monoisotopic (exact) mass is 569 g/mol. The first-order chi connectivity index (χ1) is 19.4. The third-order valence-corrected chi connectivity index (χ3v) is 8.54. The quantitative estimate of drug-likeness (QED) is 0.574. The molecule has 2 bridgehead atoms. The lowest BCUT2D eigenvalue weighted by Gasteiger charge is -2.39. The molecule has 3 heterocycles. The van der Waals surface area contributed by atoms with Gasteiger partial charge in [-0.25, -0.2) is 0 Å². The predicted octanol–water partition coefficient (Wildman–Crippen LogP) is 2.02. The standard InChI is InChI=1S/C31H47N5O5/c1-31(2,3)16-29(39)36-19-24-15-26(36)30(40)32-11-9-23-18-35(17-21-7-6-8-25(13-21)41-5)12-10-22(23)14-28(38)34(4)20-27(37)33-24/h6-8,13,22-24,26H,9-12,14-20H2,1-5H3,(H,32,40)(H,33,37)/t22-,23-,24+,26-/m0/s1. The van der Waals surface area contributed by atoms with E-state index in [1.54, 1.807) is 19.1 Å². The Morgan fingerprint density at radius 2 is 1.88 bits per heavy atom. The zero-order chi connectivity index (χ0) is 29.7. The van der Waals surface area contributed by atoms with Gasteiger partial charge in [0.25, 0.3) is 0 Å². The van der Waals surface area contributed by atoms with E-state index in [4.69, 9.17) is 4.74 Å². The number of ether oxygens (including phenoxy) is 1. The van der Waals surface area contributed by atoms with E-state index in [-0.39, 0.29) is 53.5 Å². The highest BCUT2D eigenvalue weighted by Gasteiger charge is 2.41. The smallest absolute Gasteiger partial charge is 0.242 e. The summed E-state index contributed by atoms with van der Waals surface area (Å²) < 4.78 is 5.39. The molecule has 10 nitrogen and oxygen atoms in total. The van der Waals surface area contributed by atoms with Crippen molar-refractivity contribution in [3.05, 3.63) is 29.8 Å². The maximum Gasteiger partial charge on any atom is 0.242 e. The zero-order valence-electron chi connectivity index (χ0n) is 25.3. The first-order valence-corrected chi connectivity index (χ1v) is 14.9. The summed E-state index contributed by atoms with van der Waals surface area (Å²) >= 11 is 0. The molecule has 0 aliphatic carbocycles. The molecule has 0 saturated carbocycles. The second-order valence-corrected chi connectivity index (χ2v) is 13.2. The van der Waals surface area contributed by atoms with Gasteiger partial charge in [-0.3, -0.25) is 24.1 Å². The molecule has 4 rings (SSSR count). The van der Waals surface area contributed by atoms with Crippen LogP contribution in [0, 0.1) is 17.3 Å². The largest absolute Gasteiger partial charge is 0.497 e. The fourth-order valence-corrected chi connectivity index (χ4v) is 6.40. The summed E-state index contributed by atoms with van der Waals surface area (Å²) in [5, 5.41) is 6.06. The molecule has 0 aromatic heterocycles. The molecule has 3 aliphatic rings. The van der Waals surface area contributed by atoms with E-state index >= 15 is 0 Å². The van der Waals surface area contributed by atoms with E-state index in [2.05, 4.69) is 21.6 Å². The number of fused-ring (bicyclic) bond motifs is 3. The summed E-state index contributed by atoms with van der Waals surface area (Å²) in [4.78, 5) is 58.2. The first-order valence-electron chi connectivity index (χ1n) is 14.9. The van der Waals surface area contributed by atoms with Crippen molar-refractivity contribution in [3.63, 3.8) is 0 Å². The van der Waals surface area contributed by atoms with Crippen LogP contribution in [0.15, 0.2) is 24.3 Å². The molecule has 4 atom stereocenters. The van der Waals surface area contributed by atoms with Crippen LogP contribution in [0.3, 0.4) is 0 Å². The fraction of sp³-hybridized carbons (Fsp3) is 0.677. The lowest BCUT2D eigenvalue weighted by Crippen LogP contribution is -2.48. The number of methoxy groups -OCH3 is 1. The Balaban J connectivity index is 1.49. The molecule has 3 fully saturated rings. The van der Waals surface area contributed by atoms with Gasteiger partial charge in [-0.2, -0.15) is 0 Å². The zero-order valence-corrected chi connectivity index (χ0v) is 25.3. The molecule has 0 unspecified atom stereocenters. The summed E-state index contributed by atoms with van der Waals surface area (Å²) in [7, 11) is 3.34. The number of likely N-dealkylation sites (N-methyl/N-ethyl adjacent to an activating group) is 1. The molecule has 0 radical (unpaired) electrons. The summed E-state index contributed by atoms with van der Waals surface area (Å²) in [5.74, 6) is 0.641. The van der Waals surface area contributed by atoms with E-state index in [1.807, 2.05) is 39.0 Å². The Kier molecular flexibility index (Phi) is 9.94. The average Bonchev–Trinajstić information content (AvgIpc) is 3.32. The van der Waals surface area contributed by atoms with Crippen LogP contribution in [-0.4, -0.2) is 97.3 Å². The molecule has 4 amide bonds. The maximum absolute atomic E-state index is 13.4. The summed E-state index contributed by atoms with van der Waals surface area (Å²) in [5.41, 5.74) is 0.956. The van der Waals surface area contributed by atoms with Gasteiger partial charge in [0.15, 0.2) is 0 Å². The van der Waals surface area contributed by atoms with Crippen LogP contribution in [0.2, 0.25) is 0 Å². The summed E-state index contributed by atoms with van der Waals surface area (Å²) in [6.45, 7) is 9.20. The third-order valence-electron chi connectivity index (χ3n) is 8.54. The van der Waals surface area contributed by atoms with Crippen LogP contribution in [0.5, 0.6) is 5.75 Å². The van der Waals surface area contributed by atoms with Gasteiger partial charge < -0.3 is 25.2 Å². The van der Waals surface area contributed by atoms with E-state index in [9.17, 15) is 19.2 Å². The number of carbonyl (C=O) groups excluding carboxylic acids is 4. The van der Waals surface area contributed by atoms with E-state index in [0.29, 0.717) is 32.4 Å². The third kappa shape index (κ3) is 8.44. The van der Waals surface area contributed by atoms with Gasteiger partial charge >= 0.3 is 0 Å². The normalized spacial score (nSPS) is 26.9. The lowest BCUT2D eigenvalue weighted by molar-refractivity contribution is -0.140. The number of nitrogens with one attached hydrogen (secondary N) is 2. The Morgan fingerprint density at radius 3 is 2.61 bits per heavy atom. The number of amides is 4. The number of nitrogens with zero attached hydrogens (tertiary/aromatic N) is 3. The van der Waals surface area contributed by atoms with E-state index < -0.39 is 6.04 Å². The van der Waals surface area contributed by atoms with Gasteiger partial charge in [0.05, 0.1) is 13.7 Å². The molecular weight excluding hydrogens is 522 g/mol. The van der Waals surface area contributed by atoms with Crippen molar-refractivity contribution < 1.29 is 23.9 Å². The van der Waals surface area contributed by atoms with Gasteiger partial charge in [-0.05, 0) is 60.8 Å². The van der Waals surface area contributed by atoms with Crippen LogP contribution in [0.4, 0.5) is 0 Å². The average molecular weight is 570 g/mol. The molecule has 1 aromatic carbocycles.